The van der Waals surface area contributed by atoms with Gasteiger partial charge in [-0.1, -0.05) is 0 Å². The van der Waals surface area contributed by atoms with E-state index in [1.807, 2.05) is 18.0 Å². The lowest BCUT2D eigenvalue weighted by atomic mass is 10.1. The summed E-state index contributed by atoms with van der Waals surface area (Å²) in [6.45, 7) is 6.04. The Morgan fingerprint density at radius 1 is 1.30 bits per heavy atom. The maximum atomic E-state index is 12.8. The number of fused-ring (bicyclic) bond motifs is 2. The normalized spacial score (nSPS) is 25.6. The van der Waals surface area contributed by atoms with Gasteiger partial charge in [-0.15, -0.1) is 0 Å². The second-order valence-electron chi connectivity index (χ2n) is 6.43. The predicted molar refractivity (Wildman–Crippen MR) is 85.2 cm³/mol. The summed E-state index contributed by atoms with van der Waals surface area (Å²) in [5.41, 5.74) is 2.31. The van der Waals surface area contributed by atoms with Crippen LogP contribution in [0.2, 0.25) is 0 Å². The molecule has 2 aliphatic rings. The zero-order valence-corrected chi connectivity index (χ0v) is 13.5. The minimum Gasteiger partial charge on any atom is -0.378 e. The lowest BCUT2D eigenvalue weighted by Gasteiger charge is -2.46. The minimum atomic E-state index is 0.0403. The molecule has 0 aliphatic carbocycles. The summed E-state index contributed by atoms with van der Waals surface area (Å²) in [6.07, 6.45) is 3.36. The zero-order chi connectivity index (χ0) is 16.0. The van der Waals surface area contributed by atoms with E-state index >= 15 is 0 Å². The molecule has 0 saturated carbocycles. The molecule has 1 amide bonds. The van der Waals surface area contributed by atoms with Crippen molar-refractivity contribution < 1.29 is 9.53 Å². The van der Waals surface area contributed by atoms with E-state index in [0.717, 1.165) is 30.7 Å². The average molecular weight is 315 g/mol. The Bertz CT molecular complexity index is 743. The molecule has 4 heterocycles. The monoisotopic (exact) mass is 315 g/mol. The van der Waals surface area contributed by atoms with Crippen molar-refractivity contribution in [3.8, 4) is 0 Å². The Hall–Kier alpha value is -1.99. The Kier molecular flexibility index (Phi) is 3.54. The number of amides is 1. The summed E-state index contributed by atoms with van der Waals surface area (Å²) in [5.74, 6) is 0.0403. The smallest absolute Gasteiger partial charge is 0.255 e. The van der Waals surface area contributed by atoms with Crippen molar-refractivity contribution in [2.45, 2.75) is 19.0 Å². The number of carbonyl (C=O) groups is 1. The fourth-order valence-corrected chi connectivity index (χ4v) is 3.58. The van der Waals surface area contributed by atoms with E-state index in [-0.39, 0.29) is 5.91 Å². The number of aryl methyl sites for hydroxylation is 1. The number of aromatic nitrogens is 3. The minimum absolute atomic E-state index is 0.0403. The van der Waals surface area contributed by atoms with Crippen LogP contribution in [0.25, 0.3) is 11.0 Å². The Labute approximate surface area is 134 Å². The van der Waals surface area contributed by atoms with Crippen LogP contribution in [0.4, 0.5) is 0 Å². The van der Waals surface area contributed by atoms with Crippen LogP contribution in [0, 0.1) is 0 Å². The van der Waals surface area contributed by atoms with Gasteiger partial charge in [-0.2, -0.15) is 5.10 Å². The largest absolute Gasteiger partial charge is 0.378 e. The van der Waals surface area contributed by atoms with Gasteiger partial charge >= 0.3 is 0 Å². The molecule has 4 rings (SSSR count). The molecular weight excluding hydrogens is 294 g/mol. The first-order chi connectivity index (χ1) is 11.1. The van der Waals surface area contributed by atoms with Gasteiger partial charge in [0.2, 0.25) is 0 Å². The van der Waals surface area contributed by atoms with Crippen molar-refractivity contribution in [1.82, 2.24) is 24.6 Å². The molecule has 0 aromatic carbocycles. The molecule has 0 unspecified atom stereocenters. The standard InChI is InChI=1S/C16H21N5O2/c1-11-9-23-10-13-8-20(3-4-21(11)13)16(22)12-5-15-14(17-6-12)7-18-19(15)2/h5-7,11,13H,3-4,8-10H2,1-2H3/t11-,13+/m0/s1. The highest BCUT2D eigenvalue weighted by molar-refractivity contribution is 5.96. The van der Waals surface area contributed by atoms with Gasteiger partial charge in [-0.05, 0) is 13.0 Å². The summed E-state index contributed by atoms with van der Waals surface area (Å²) in [6, 6.07) is 2.60. The molecule has 2 aromatic heterocycles. The third-order valence-corrected chi connectivity index (χ3v) is 4.90. The molecule has 2 atom stereocenters. The van der Waals surface area contributed by atoms with Crippen molar-refractivity contribution in [3.63, 3.8) is 0 Å². The molecule has 7 nitrogen and oxygen atoms in total. The molecule has 2 fully saturated rings. The van der Waals surface area contributed by atoms with Crippen molar-refractivity contribution in [2.24, 2.45) is 7.05 Å². The van der Waals surface area contributed by atoms with Gasteiger partial charge < -0.3 is 9.64 Å². The van der Waals surface area contributed by atoms with E-state index < -0.39 is 0 Å². The molecule has 122 valence electrons. The van der Waals surface area contributed by atoms with Crippen LogP contribution in [-0.4, -0.2) is 75.4 Å². The molecule has 23 heavy (non-hydrogen) atoms. The fourth-order valence-electron chi connectivity index (χ4n) is 3.58. The highest BCUT2D eigenvalue weighted by Gasteiger charge is 2.35. The number of piperazine rings is 1. The number of hydrogen-bond acceptors (Lipinski definition) is 5. The van der Waals surface area contributed by atoms with Gasteiger partial charge in [-0.25, -0.2) is 0 Å². The summed E-state index contributed by atoms with van der Waals surface area (Å²) < 4.78 is 7.39. The predicted octanol–water partition coefficient (Wildman–Crippen LogP) is 0.513. The van der Waals surface area contributed by atoms with Crippen LogP contribution in [0.15, 0.2) is 18.5 Å². The topological polar surface area (TPSA) is 63.5 Å². The van der Waals surface area contributed by atoms with Crippen molar-refractivity contribution in [2.75, 3.05) is 32.8 Å². The van der Waals surface area contributed by atoms with E-state index in [4.69, 9.17) is 4.74 Å². The van der Waals surface area contributed by atoms with Crippen LogP contribution >= 0.6 is 0 Å². The summed E-state index contributed by atoms with van der Waals surface area (Å²) in [5, 5.41) is 4.18. The van der Waals surface area contributed by atoms with E-state index in [9.17, 15) is 4.79 Å². The van der Waals surface area contributed by atoms with Crippen molar-refractivity contribution in [3.05, 3.63) is 24.0 Å². The van der Waals surface area contributed by atoms with Crippen LogP contribution < -0.4 is 0 Å². The summed E-state index contributed by atoms with van der Waals surface area (Å²) >= 11 is 0. The van der Waals surface area contributed by atoms with Crippen LogP contribution in [-0.2, 0) is 11.8 Å². The van der Waals surface area contributed by atoms with Crippen LogP contribution in [0.5, 0.6) is 0 Å². The van der Waals surface area contributed by atoms with E-state index in [1.54, 1.807) is 17.1 Å². The van der Waals surface area contributed by atoms with Gasteiger partial charge in [0.25, 0.3) is 5.91 Å². The highest BCUT2D eigenvalue weighted by Crippen LogP contribution is 2.20. The molecule has 0 N–H and O–H groups in total. The van der Waals surface area contributed by atoms with Gasteiger partial charge in [-0.3, -0.25) is 19.4 Å². The van der Waals surface area contributed by atoms with Gasteiger partial charge in [0, 0.05) is 38.9 Å². The molecule has 0 bridgehead atoms. The van der Waals surface area contributed by atoms with E-state index in [1.165, 1.54) is 0 Å². The SMILES string of the molecule is C[C@H]1COC[C@H]2CN(C(=O)c3cnc4cnn(C)c4c3)CCN21. The molecule has 7 heteroatoms. The maximum absolute atomic E-state index is 12.8. The zero-order valence-electron chi connectivity index (χ0n) is 13.5. The number of morpholine rings is 1. The molecular formula is C16H21N5O2. The molecule has 2 aromatic rings. The average Bonchev–Trinajstić information content (AvgIpc) is 2.95. The summed E-state index contributed by atoms with van der Waals surface area (Å²) in [7, 11) is 1.86. The van der Waals surface area contributed by atoms with Crippen molar-refractivity contribution in [1.29, 1.82) is 0 Å². The number of nitrogens with zero attached hydrogens (tertiary/aromatic N) is 5. The lowest BCUT2D eigenvalue weighted by molar-refractivity contribution is -0.0700. The van der Waals surface area contributed by atoms with Crippen LogP contribution in [0.3, 0.4) is 0 Å². The first-order valence-corrected chi connectivity index (χ1v) is 8.04. The second-order valence-corrected chi connectivity index (χ2v) is 6.43. The highest BCUT2D eigenvalue weighted by atomic mass is 16.5. The van der Waals surface area contributed by atoms with E-state index in [2.05, 4.69) is 21.9 Å². The molecule has 0 spiro atoms. The van der Waals surface area contributed by atoms with Gasteiger partial charge in [0.1, 0.15) is 5.52 Å². The molecule has 2 aliphatic heterocycles. The summed E-state index contributed by atoms with van der Waals surface area (Å²) in [4.78, 5) is 21.5. The Morgan fingerprint density at radius 2 is 2.17 bits per heavy atom. The Balaban J connectivity index is 1.55. The number of hydrogen-bond donors (Lipinski definition) is 0. The first-order valence-electron chi connectivity index (χ1n) is 8.04. The number of ether oxygens (including phenoxy) is 1. The first kappa shape index (κ1) is 14.6. The fraction of sp³-hybridized carbons (Fsp3) is 0.562. The Morgan fingerprint density at radius 3 is 3.04 bits per heavy atom. The lowest BCUT2D eigenvalue weighted by Crippen LogP contribution is -2.62. The van der Waals surface area contributed by atoms with Gasteiger partial charge in [0.05, 0.1) is 36.5 Å². The number of pyridine rings is 1. The quantitative estimate of drug-likeness (QED) is 0.767. The maximum Gasteiger partial charge on any atom is 0.255 e. The van der Waals surface area contributed by atoms with Gasteiger partial charge in [0.15, 0.2) is 0 Å². The number of carbonyl (C=O) groups excluding carboxylic acids is 1. The number of rotatable bonds is 1. The molecule has 0 radical (unpaired) electrons. The second kappa shape index (κ2) is 5.58. The third kappa shape index (κ3) is 2.49. The van der Waals surface area contributed by atoms with E-state index in [0.29, 0.717) is 30.8 Å². The third-order valence-electron chi connectivity index (χ3n) is 4.90. The molecule has 2 saturated heterocycles. The van der Waals surface area contributed by atoms with Crippen LogP contribution in [0.1, 0.15) is 17.3 Å². The van der Waals surface area contributed by atoms with Crippen molar-refractivity contribution >= 4 is 16.9 Å².